The number of aryl methyl sites for hydroxylation is 4. The summed E-state index contributed by atoms with van der Waals surface area (Å²) in [6.45, 7) is 9.20. The Hall–Kier alpha value is -2.82. The minimum atomic E-state index is -0.461. The van der Waals surface area contributed by atoms with Crippen LogP contribution in [0.3, 0.4) is 0 Å². The van der Waals surface area contributed by atoms with Crippen molar-refractivity contribution >= 4 is 16.9 Å². The van der Waals surface area contributed by atoms with Crippen molar-refractivity contribution in [2.24, 2.45) is 0 Å². The van der Waals surface area contributed by atoms with E-state index in [1.54, 1.807) is 13.8 Å². The van der Waals surface area contributed by atoms with Crippen LogP contribution in [0.4, 0.5) is 0 Å². The minimum absolute atomic E-state index is 0.00740. The van der Waals surface area contributed by atoms with Gasteiger partial charge in [-0.3, -0.25) is 0 Å². The van der Waals surface area contributed by atoms with Crippen LogP contribution in [0.1, 0.15) is 44.1 Å². The van der Waals surface area contributed by atoms with Gasteiger partial charge in [0.25, 0.3) is 0 Å². The second-order valence-electron chi connectivity index (χ2n) is 6.27. The Bertz CT molecular complexity index is 1040. The van der Waals surface area contributed by atoms with Gasteiger partial charge >= 0.3 is 11.6 Å². The van der Waals surface area contributed by atoms with E-state index in [0.717, 1.165) is 22.1 Å². The van der Waals surface area contributed by atoms with Gasteiger partial charge in [0.15, 0.2) is 0 Å². The first-order valence-corrected chi connectivity index (χ1v) is 8.06. The first-order chi connectivity index (χ1) is 11.8. The third-order valence-electron chi connectivity index (χ3n) is 4.64. The summed E-state index contributed by atoms with van der Waals surface area (Å²) in [7, 11) is 0. The van der Waals surface area contributed by atoms with E-state index in [-0.39, 0.29) is 6.61 Å². The Morgan fingerprint density at radius 1 is 1.00 bits per heavy atom. The maximum absolute atomic E-state index is 12.4. The van der Waals surface area contributed by atoms with Crippen LogP contribution in [0, 0.1) is 34.6 Å². The average Bonchev–Trinajstić information content (AvgIpc) is 2.81. The number of carbonyl (C=O) groups is 1. The standard InChI is InChI=1S/C20H20O5/c1-10-6-7-16-15(8-17(21)25-19(16)11(10)2)9-23-20(22)18-12(3)13(4)24-14(18)5/h6-8H,9H2,1-5H3. The number of hydrogen-bond acceptors (Lipinski definition) is 5. The lowest BCUT2D eigenvalue weighted by Gasteiger charge is -2.10. The number of fused-ring (bicyclic) bond motifs is 1. The van der Waals surface area contributed by atoms with E-state index in [1.807, 2.05) is 32.9 Å². The Kier molecular flexibility index (Phi) is 4.25. The molecule has 3 rings (SSSR count). The van der Waals surface area contributed by atoms with Crippen LogP contribution in [0.25, 0.3) is 11.0 Å². The maximum atomic E-state index is 12.4. The highest BCUT2D eigenvalue weighted by atomic mass is 16.5. The van der Waals surface area contributed by atoms with Gasteiger partial charge in [0.1, 0.15) is 29.3 Å². The van der Waals surface area contributed by atoms with Gasteiger partial charge in [0.2, 0.25) is 0 Å². The fourth-order valence-electron chi connectivity index (χ4n) is 2.95. The Balaban J connectivity index is 1.95. The van der Waals surface area contributed by atoms with Gasteiger partial charge in [-0.25, -0.2) is 9.59 Å². The summed E-state index contributed by atoms with van der Waals surface area (Å²) in [5.74, 6) is 0.766. The van der Waals surface area contributed by atoms with Crippen molar-refractivity contribution in [2.75, 3.05) is 0 Å². The lowest BCUT2D eigenvalue weighted by molar-refractivity contribution is 0.0471. The zero-order chi connectivity index (χ0) is 18.3. The molecule has 0 aliphatic carbocycles. The van der Waals surface area contributed by atoms with E-state index in [1.165, 1.54) is 6.07 Å². The monoisotopic (exact) mass is 340 g/mol. The Morgan fingerprint density at radius 2 is 1.72 bits per heavy atom. The molecule has 2 aromatic heterocycles. The summed E-state index contributed by atoms with van der Waals surface area (Å²) in [4.78, 5) is 24.3. The van der Waals surface area contributed by atoms with E-state index in [0.29, 0.717) is 28.2 Å². The molecule has 0 radical (unpaired) electrons. The smallest absolute Gasteiger partial charge is 0.342 e. The largest absolute Gasteiger partial charge is 0.465 e. The molecular formula is C20H20O5. The van der Waals surface area contributed by atoms with Gasteiger partial charge in [-0.15, -0.1) is 0 Å². The number of benzene rings is 1. The molecule has 0 aliphatic rings. The second-order valence-corrected chi connectivity index (χ2v) is 6.27. The summed E-state index contributed by atoms with van der Waals surface area (Å²) in [6, 6.07) is 5.20. The molecule has 5 heteroatoms. The van der Waals surface area contributed by atoms with E-state index >= 15 is 0 Å². The van der Waals surface area contributed by atoms with Gasteiger partial charge in [-0.05, 0) is 45.7 Å². The van der Waals surface area contributed by atoms with Crippen LogP contribution in [0.2, 0.25) is 0 Å². The van der Waals surface area contributed by atoms with Crippen molar-refractivity contribution in [3.05, 3.63) is 68.0 Å². The van der Waals surface area contributed by atoms with Gasteiger partial charge in [0.05, 0.1) is 0 Å². The van der Waals surface area contributed by atoms with Crippen LogP contribution in [0.15, 0.2) is 31.8 Å². The van der Waals surface area contributed by atoms with Gasteiger partial charge in [-0.1, -0.05) is 12.1 Å². The zero-order valence-electron chi connectivity index (χ0n) is 15.0. The molecule has 0 unspecified atom stereocenters. The third-order valence-corrected chi connectivity index (χ3v) is 4.64. The van der Waals surface area contributed by atoms with E-state index in [4.69, 9.17) is 13.6 Å². The van der Waals surface area contributed by atoms with Crippen LogP contribution < -0.4 is 5.63 Å². The first kappa shape index (κ1) is 17.0. The second kappa shape index (κ2) is 6.24. The molecule has 0 aliphatic heterocycles. The predicted molar refractivity (Wildman–Crippen MR) is 94.0 cm³/mol. The van der Waals surface area contributed by atoms with E-state index in [9.17, 15) is 9.59 Å². The lowest BCUT2D eigenvalue weighted by Crippen LogP contribution is -2.09. The number of rotatable bonds is 3. The molecule has 0 saturated carbocycles. The molecular weight excluding hydrogens is 320 g/mol. The summed E-state index contributed by atoms with van der Waals surface area (Å²) in [5, 5.41) is 0.771. The third kappa shape index (κ3) is 2.97. The van der Waals surface area contributed by atoms with E-state index < -0.39 is 11.6 Å². The summed E-state index contributed by atoms with van der Waals surface area (Å²) < 4.78 is 16.2. The van der Waals surface area contributed by atoms with Crippen LogP contribution in [-0.2, 0) is 11.3 Å². The van der Waals surface area contributed by atoms with E-state index in [2.05, 4.69) is 0 Å². The number of carbonyl (C=O) groups excluding carboxylic acids is 1. The molecule has 2 heterocycles. The fourth-order valence-corrected chi connectivity index (χ4v) is 2.95. The highest BCUT2D eigenvalue weighted by Crippen LogP contribution is 2.25. The molecule has 0 N–H and O–H groups in total. The van der Waals surface area contributed by atoms with Gasteiger partial charge < -0.3 is 13.6 Å². The normalized spacial score (nSPS) is 11.1. The molecule has 0 amide bonds. The minimum Gasteiger partial charge on any atom is -0.465 e. The van der Waals surface area contributed by atoms with Crippen LogP contribution in [-0.4, -0.2) is 5.97 Å². The molecule has 3 aromatic rings. The average molecular weight is 340 g/mol. The fraction of sp³-hybridized carbons (Fsp3) is 0.300. The number of hydrogen-bond donors (Lipinski definition) is 0. The predicted octanol–water partition coefficient (Wildman–Crippen LogP) is 4.29. The molecule has 1 aromatic carbocycles. The van der Waals surface area contributed by atoms with Crippen molar-refractivity contribution < 1.29 is 18.4 Å². The lowest BCUT2D eigenvalue weighted by atomic mass is 10.0. The summed E-state index contributed by atoms with van der Waals surface area (Å²) >= 11 is 0. The quantitative estimate of drug-likeness (QED) is 0.525. The molecule has 0 fully saturated rings. The highest BCUT2D eigenvalue weighted by Gasteiger charge is 2.20. The Morgan fingerprint density at radius 3 is 2.36 bits per heavy atom. The molecule has 0 saturated heterocycles. The maximum Gasteiger partial charge on any atom is 0.342 e. The molecule has 0 spiro atoms. The summed E-state index contributed by atoms with van der Waals surface area (Å²) in [6.07, 6.45) is 0. The summed E-state index contributed by atoms with van der Waals surface area (Å²) in [5.41, 5.74) is 3.84. The van der Waals surface area contributed by atoms with Gasteiger partial charge in [-0.2, -0.15) is 0 Å². The molecule has 0 atom stereocenters. The van der Waals surface area contributed by atoms with Crippen molar-refractivity contribution in [3.63, 3.8) is 0 Å². The number of furan rings is 1. The molecule has 25 heavy (non-hydrogen) atoms. The number of ether oxygens (including phenoxy) is 1. The molecule has 5 nitrogen and oxygen atoms in total. The van der Waals surface area contributed by atoms with Crippen molar-refractivity contribution in [3.8, 4) is 0 Å². The zero-order valence-corrected chi connectivity index (χ0v) is 15.0. The molecule has 0 bridgehead atoms. The molecule has 130 valence electrons. The van der Waals surface area contributed by atoms with Crippen molar-refractivity contribution in [1.29, 1.82) is 0 Å². The first-order valence-electron chi connectivity index (χ1n) is 8.06. The topological polar surface area (TPSA) is 69.7 Å². The van der Waals surface area contributed by atoms with Crippen molar-refractivity contribution in [2.45, 2.75) is 41.2 Å². The Labute approximate surface area is 145 Å². The highest BCUT2D eigenvalue weighted by molar-refractivity contribution is 5.92. The SMILES string of the molecule is Cc1ccc2c(COC(=O)c3c(C)oc(C)c3C)cc(=O)oc2c1C. The van der Waals surface area contributed by atoms with Crippen LogP contribution in [0.5, 0.6) is 0 Å². The van der Waals surface area contributed by atoms with Gasteiger partial charge in [0, 0.05) is 22.6 Å². The van der Waals surface area contributed by atoms with Crippen molar-refractivity contribution in [1.82, 2.24) is 0 Å². The number of esters is 1. The van der Waals surface area contributed by atoms with Crippen LogP contribution >= 0.6 is 0 Å².